The van der Waals surface area contributed by atoms with E-state index in [0.717, 1.165) is 18.3 Å². The fourth-order valence-corrected chi connectivity index (χ4v) is 3.68. The van der Waals surface area contributed by atoms with Crippen LogP contribution >= 0.6 is 37.2 Å². The van der Waals surface area contributed by atoms with Gasteiger partial charge in [-0.1, -0.05) is 6.42 Å². The van der Waals surface area contributed by atoms with Gasteiger partial charge in [0.05, 0.1) is 0 Å². The summed E-state index contributed by atoms with van der Waals surface area (Å²) in [6.07, 6.45) is 6.61. The second kappa shape index (κ2) is 13.0. The van der Waals surface area contributed by atoms with E-state index in [-0.39, 0.29) is 43.0 Å². The van der Waals surface area contributed by atoms with Crippen LogP contribution in [-0.2, 0) is 0 Å². The average Bonchev–Trinajstić information content (AvgIpc) is 2.56. The maximum Gasteiger partial charge on any atom is 0.123 e. The molecule has 0 bridgehead atoms. The van der Waals surface area contributed by atoms with Gasteiger partial charge in [0, 0.05) is 37.9 Å². The van der Waals surface area contributed by atoms with Crippen LogP contribution in [0.2, 0.25) is 0 Å². The molecule has 2 heterocycles. The first-order chi connectivity index (χ1) is 10.8. The van der Waals surface area contributed by atoms with Gasteiger partial charge in [-0.2, -0.15) is 0 Å². The summed E-state index contributed by atoms with van der Waals surface area (Å²) in [7, 11) is 0. The normalized spacial score (nSPS) is 20.4. The van der Waals surface area contributed by atoms with Crippen LogP contribution in [0.4, 0.5) is 10.1 Å². The van der Waals surface area contributed by atoms with Crippen molar-refractivity contribution in [3.63, 3.8) is 0 Å². The van der Waals surface area contributed by atoms with Crippen LogP contribution in [0, 0.1) is 5.82 Å². The van der Waals surface area contributed by atoms with Gasteiger partial charge < -0.3 is 10.2 Å². The van der Waals surface area contributed by atoms with Crippen LogP contribution < -0.4 is 5.32 Å². The number of nitrogens with one attached hydrogen (secondary N) is 1. The number of hydrogen-bond acceptors (Lipinski definition) is 3. The Kier molecular flexibility index (Phi) is 12.9. The van der Waals surface area contributed by atoms with Crippen molar-refractivity contribution in [2.45, 2.75) is 38.1 Å². The molecule has 1 unspecified atom stereocenters. The van der Waals surface area contributed by atoms with Gasteiger partial charge >= 0.3 is 0 Å². The maximum absolute atomic E-state index is 12.8. The van der Waals surface area contributed by atoms with Crippen LogP contribution in [-0.4, -0.2) is 55.1 Å². The second-order valence-electron chi connectivity index (χ2n) is 6.63. The minimum Gasteiger partial charge on any atom is -0.385 e. The predicted octanol–water partition coefficient (Wildman–Crippen LogP) is 4.45. The number of anilines is 1. The number of piperazine rings is 1. The lowest BCUT2D eigenvalue weighted by molar-refractivity contribution is 0.0488. The molecule has 0 spiro atoms. The molecule has 1 atom stereocenters. The summed E-state index contributed by atoms with van der Waals surface area (Å²) >= 11 is 0. The molecule has 7 heteroatoms. The molecule has 0 amide bonds. The van der Waals surface area contributed by atoms with Crippen molar-refractivity contribution < 1.29 is 4.39 Å². The zero-order valence-corrected chi connectivity index (χ0v) is 17.1. The highest BCUT2D eigenvalue weighted by Crippen LogP contribution is 2.21. The number of hydrogen-bond donors (Lipinski definition) is 1. The number of piperidine rings is 1. The van der Waals surface area contributed by atoms with E-state index >= 15 is 0 Å². The number of benzene rings is 1. The summed E-state index contributed by atoms with van der Waals surface area (Å²) in [6, 6.07) is 7.44. The molecule has 3 nitrogen and oxygen atoms in total. The molecule has 2 aliphatic rings. The van der Waals surface area contributed by atoms with Gasteiger partial charge in [0.25, 0.3) is 0 Å². The van der Waals surface area contributed by atoms with E-state index in [1.54, 1.807) is 12.1 Å². The molecule has 1 aromatic carbocycles. The van der Waals surface area contributed by atoms with Crippen molar-refractivity contribution in [2.75, 3.05) is 44.6 Å². The highest BCUT2D eigenvalue weighted by Gasteiger charge is 2.28. The number of halogens is 4. The Balaban J connectivity index is 0.00000192. The quantitative estimate of drug-likeness (QED) is 0.694. The molecule has 0 saturated carbocycles. The molecule has 25 heavy (non-hydrogen) atoms. The average molecular weight is 415 g/mol. The molecule has 0 aliphatic carbocycles. The maximum atomic E-state index is 12.8. The largest absolute Gasteiger partial charge is 0.385 e. The number of rotatable bonds is 6. The van der Waals surface area contributed by atoms with E-state index in [1.807, 2.05) is 0 Å². The summed E-state index contributed by atoms with van der Waals surface area (Å²) < 4.78 is 12.8. The zero-order valence-electron chi connectivity index (χ0n) is 14.7. The van der Waals surface area contributed by atoms with Gasteiger partial charge in [-0.3, -0.25) is 4.90 Å². The first-order valence-corrected chi connectivity index (χ1v) is 8.77. The minimum absolute atomic E-state index is 0. The van der Waals surface area contributed by atoms with Gasteiger partial charge in [-0.15, -0.1) is 37.2 Å². The van der Waals surface area contributed by atoms with Crippen molar-refractivity contribution in [1.29, 1.82) is 0 Å². The molecule has 146 valence electrons. The van der Waals surface area contributed by atoms with Crippen LogP contribution in [0.5, 0.6) is 0 Å². The molecular weight excluding hydrogens is 384 g/mol. The van der Waals surface area contributed by atoms with E-state index in [0.29, 0.717) is 0 Å². The molecule has 3 rings (SSSR count). The van der Waals surface area contributed by atoms with Crippen molar-refractivity contribution >= 4 is 42.9 Å². The molecule has 2 saturated heterocycles. The van der Waals surface area contributed by atoms with Gasteiger partial charge in [0.2, 0.25) is 0 Å². The van der Waals surface area contributed by atoms with E-state index in [9.17, 15) is 4.39 Å². The molecule has 2 fully saturated rings. The Bertz CT molecular complexity index is 461. The molecule has 2 aliphatic heterocycles. The smallest absolute Gasteiger partial charge is 0.123 e. The monoisotopic (exact) mass is 413 g/mol. The van der Waals surface area contributed by atoms with E-state index < -0.39 is 0 Å². The van der Waals surface area contributed by atoms with Crippen LogP contribution in [0.1, 0.15) is 32.1 Å². The van der Waals surface area contributed by atoms with E-state index in [2.05, 4.69) is 15.1 Å². The Morgan fingerprint density at radius 1 is 0.960 bits per heavy atom. The van der Waals surface area contributed by atoms with Gasteiger partial charge in [-0.05, 0) is 63.0 Å². The third-order valence-electron chi connectivity index (χ3n) is 5.00. The van der Waals surface area contributed by atoms with Crippen molar-refractivity contribution in [1.82, 2.24) is 9.80 Å². The number of nitrogens with zero attached hydrogens (tertiary/aromatic N) is 2. The Hall–Kier alpha value is -0.260. The molecule has 0 aromatic heterocycles. The number of unbranched alkanes of at least 4 members (excludes halogenated alkanes) is 1. The lowest BCUT2D eigenvalue weighted by atomic mass is 9.99. The van der Waals surface area contributed by atoms with E-state index in [1.165, 1.54) is 77.0 Å². The van der Waals surface area contributed by atoms with Crippen LogP contribution in [0.15, 0.2) is 24.3 Å². The Morgan fingerprint density at radius 3 is 2.48 bits per heavy atom. The van der Waals surface area contributed by atoms with E-state index in [4.69, 9.17) is 0 Å². The summed E-state index contributed by atoms with van der Waals surface area (Å²) in [5.41, 5.74) is 1.01. The molecular formula is C18H31Cl3FN3. The molecule has 1 N–H and O–H groups in total. The fraction of sp³-hybridized carbons (Fsp3) is 0.667. The topological polar surface area (TPSA) is 18.5 Å². The van der Waals surface area contributed by atoms with Crippen LogP contribution in [0.3, 0.4) is 0 Å². The predicted molar refractivity (Wildman–Crippen MR) is 112 cm³/mol. The first-order valence-electron chi connectivity index (χ1n) is 8.77. The Morgan fingerprint density at radius 2 is 1.72 bits per heavy atom. The van der Waals surface area contributed by atoms with Gasteiger partial charge in [0.15, 0.2) is 0 Å². The summed E-state index contributed by atoms with van der Waals surface area (Å²) in [5, 5.41) is 3.36. The highest BCUT2D eigenvalue weighted by atomic mass is 35.5. The lowest BCUT2D eigenvalue weighted by Crippen LogP contribution is -2.54. The second-order valence-corrected chi connectivity index (χ2v) is 6.63. The van der Waals surface area contributed by atoms with Crippen molar-refractivity contribution in [3.05, 3.63) is 30.1 Å². The highest BCUT2D eigenvalue weighted by molar-refractivity contribution is 5.86. The summed E-state index contributed by atoms with van der Waals surface area (Å²) in [4.78, 5) is 5.33. The van der Waals surface area contributed by atoms with Crippen LogP contribution in [0.25, 0.3) is 0 Å². The fourth-order valence-electron chi connectivity index (χ4n) is 3.68. The Labute approximate surface area is 169 Å². The van der Waals surface area contributed by atoms with Crippen molar-refractivity contribution in [3.8, 4) is 0 Å². The summed E-state index contributed by atoms with van der Waals surface area (Å²) in [6.45, 7) is 7.27. The lowest BCUT2D eigenvalue weighted by Gasteiger charge is -2.44. The summed E-state index contributed by atoms with van der Waals surface area (Å²) in [5.74, 6) is -0.174. The first kappa shape index (κ1) is 24.7. The zero-order chi connectivity index (χ0) is 15.2. The molecule has 1 aromatic rings. The third-order valence-corrected chi connectivity index (χ3v) is 5.00. The third kappa shape index (κ3) is 7.88. The standard InChI is InChI=1S/C18H28FN3.3ClH/c19-16-6-8-17(9-7-16)20-10-2-4-11-21-13-14-22-12-3-1-5-18(22)15-21;;;/h6-9,18,20H,1-5,10-15H2;3*1H. The van der Waals surface area contributed by atoms with Crippen molar-refractivity contribution in [2.24, 2.45) is 0 Å². The minimum atomic E-state index is -0.174. The molecule has 0 radical (unpaired) electrons. The SMILES string of the molecule is Cl.Cl.Cl.Fc1ccc(NCCCCN2CCN3CCCCC3C2)cc1. The van der Waals surface area contributed by atoms with Gasteiger partial charge in [-0.25, -0.2) is 4.39 Å². The van der Waals surface area contributed by atoms with Gasteiger partial charge in [0.1, 0.15) is 5.82 Å². The number of fused-ring (bicyclic) bond motifs is 1.